The molecule has 0 aromatic heterocycles. The zero-order valence-corrected chi connectivity index (χ0v) is 18.2. The molecule has 7 nitrogen and oxygen atoms in total. The molecule has 3 rings (SSSR count). The van der Waals surface area contributed by atoms with Gasteiger partial charge in [0.25, 0.3) is 0 Å². The van der Waals surface area contributed by atoms with Gasteiger partial charge >= 0.3 is 6.03 Å². The Balaban J connectivity index is 1.44. The molecule has 2 aromatic carbocycles. The molecule has 2 amide bonds. The van der Waals surface area contributed by atoms with Crippen LogP contribution in [0, 0.1) is 6.92 Å². The Morgan fingerprint density at radius 1 is 1.03 bits per heavy atom. The number of hydrogen-bond donors (Lipinski definition) is 2. The number of methoxy groups -OCH3 is 1. The largest absolute Gasteiger partial charge is 0.493 e. The van der Waals surface area contributed by atoms with Crippen LogP contribution in [-0.2, 0) is 0 Å². The van der Waals surface area contributed by atoms with Crippen molar-refractivity contribution in [3.8, 4) is 17.2 Å². The molecule has 31 heavy (non-hydrogen) atoms. The lowest BCUT2D eigenvalue weighted by Gasteiger charge is -2.22. The second kappa shape index (κ2) is 11.8. The van der Waals surface area contributed by atoms with Crippen molar-refractivity contribution >= 4 is 12.2 Å². The number of hydrazone groups is 1. The Labute approximate surface area is 183 Å². The predicted molar refractivity (Wildman–Crippen MR) is 121 cm³/mol. The summed E-state index contributed by atoms with van der Waals surface area (Å²) >= 11 is 0. The quantitative estimate of drug-likeness (QED) is 0.354. The van der Waals surface area contributed by atoms with E-state index in [0.717, 1.165) is 24.2 Å². The Morgan fingerprint density at radius 3 is 2.52 bits per heavy atom. The maximum Gasteiger partial charge on any atom is 0.335 e. The fourth-order valence-electron chi connectivity index (χ4n) is 3.46. The molecular formula is C24H31N3O4. The van der Waals surface area contributed by atoms with Crippen molar-refractivity contribution in [1.29, 1.82) is 0 Å². The van der Waals surface area contributed by atoms with E-state index in [9.17, 15) is 4.79 Å². The zero-order valence-electron chi connectivity index (χ0n) is 18.2. The maximum atomic E-state index is 12.0. The average molecular weight is 426 g/mol. The highest BCUT2D eigenvalue weighted by Crippen LogP contribution is 2.27. The van der Waals surface area contributed by atoms with Crippen molar-refractivity contribution in [1.82, 2.24) is 10.7 Å². The van der Waals surface area contributed by atoms with Crippen LogP contribution in [0.5, 0.6) is 17.2 Å². The molecule has 2 aromatic rings. The van der Waals surface area contributed by atoms with Gasteiger partial charge in [-0.3, -0.25) is 0 Å². The van der Waals surface area contributed by atoms with Gasteiger partial charge < -0.3 is 19.5 Å². The smallest absolute Gasteiger partial charge is 0.335 e. The highest BCUT2D eigenvalue weighted by atomic mass is 16.5. The van der Waals surface area contributed by atoms with Crippen molar-refractivity contribution in [2.24, 2.45) is 5.10 Å². The molecule has 7 heteroatoms. The van der Waals surface area contributed by atoms with Gasteiger partial charge in [-0.15, -0.1) is 0 Å². The molecule has 0 saturated heterocycles. The summed E-state index contributed by atoms with van der Waals surface area (Å²) in [6.07, 6.45) is 7.23. The third kappa shape index (κ3) is 7.51. The number of carbonyl (C=O) groups excluding carboxylic acids is 1. The first-order chi connectivity index (χ1) is 15.1. The van der Waals surface area contributed by atoms with Gasteiger partial charge in [0.1, 0.15) is 19.0 Å². The van der Waals surface area contributed by atoms with Crippen LogP contribution in [0.15, 0.2) is 47.6 Å². The minimum Gasteiger partial charge on any atom is -0.493 e. The molecule has 1 aliphatic carbocycles. The first kappa shape index (κ1) is 22.5. The Bertz CT molecular complexity index is 862. The number of benzene rings is 2. The lowest BCUT2D eigenvalue weighted by molar-refractivity contribution is 0.211. The summed E-state index contributed by atoms with van der Waals surface area (Å²) in [5.41, 5.74) is 4.50. The normalized spacial score (nSPS) is 14.3. The van der Waals surface area contributed by atoms with Gasteiger partial charge in [0, 0.05) is 6.04 Å². The number of nitrogens with zero attached hydrogens (tertiary/aromatic N) is 1. The average Bonchev–Trinajstić information content (AvgIpc) is 2.79. The van der Waals surface area contributed by atoms with Crippen LogP contribution in [0.1, 0.15) is 43.2 Å². The van der Waals surface area contributed by atoms with Gasteiger partial charge in [-0.1, -0.05) is 37.0 Å². The molecule has 0 spiro atoms. The molecule has 0 atom stereocenters. The minimum absolute atomic E-state index is 0.246. The summed E-state index contributed by atoms with van der Waals surface area (Å²) in [7, 11) is 1.59. The number of rotatable bonds is 9. The number of hydrogen-bond acceptors (Lipinski definition) is 5. The van der Waals surface area contributed by atoms with Crippen molar-refractivity contribution < 1.29 is 19.0 Å². The van der Waals surface area contributed by atoms with E-state index in [1.54, 1.807) is 19.4 Å². The van der Waals surface area contributed by atoms with E-state index in [2.05, 4.69) is 15.8 Å². The van der Waals surface area contributed by atoms with Gasteiger partial charge in [0.05, 0.1) is 13.3 Å². The van der Waals surface area contributed by atoms with Gasteiger partial charge in [-0.25, -0.2) is 10.2 Å². The van der Waals surface area contributed by atoms with Gasteiger partial charge in [0.15, 0.2) is 11.5 Å². The fourth-order valence-corrected chi connectivity index (χ4v) is 3.46. The maximum absolute atomic E-state index is 12.0. The van der Waals surface area contributed by atoms with E-state index in [4.69, 9.17) is 14.2 Å². The van der Waals surface area contributed by atoms with E-state index in [0.29, 0.717) is 24.7 Å². The summed E-state index contributed by atoms with van der Waals surface area (Å²) in [4.78, 5) is 12.0. The summed E-state index contributed by atoms with van der Waals surface area (Å²) < 4.78 is 16.9. The summed E-state index contributed by atoms with van der Waals surface area (Å²) in [5.74, 6) is 2.02. The van der Waals surface area contributed by atoms with Crippen molar-refractivity contribution in [2.75, 3.05) is 20.3 Å². The summed E-state index contributed by atoms with van der Waals surface area (Å²) in [6.45, 7) is 2.85. The lowest BCUT2D eigenvalue weighted by Crippen LogP contribution is -2.41. The van der Waals surface area contributed by atoms with E-state index >= 15 is 0 Å². The topological polar surface area (TPSA) is 81.2 Å². The molecule has 2 N–H and O–H groups in total. The lowest BCUT2D eigenvalue weighted by atomic mass is 9.96. The predicted octanol–water partition coefficient (Wildman–Crippen LogP) is 4.43. The molecule has 166 valence electrons. The van der Waals surface area contributed by atoms with Crippen LogP contribution < -0.4 is 25.0 Å². The third-order valence-electron chi connectivity index (χ3n) is 5.14. The second-order valence-electron chi connectivity index (χ2n) is 7.60. The van der Waals surface area contributed by atoms with Crippen LogP contribution in [0.4, 0.5) is 4.79 Å². The minimum atomic E-state index is -0.274. The Morgan fingerprint density at radius 2 is 1.77 bits per heavy atom. The molecule has 0 aliphatic heterocycles. The van der Waals surface area contributed by atoms with Crippen LogP contribution in [0.2, 0.25) is 0 Å². The Kier molecular flexibility index (Phi) is 8.58. The van der Waals surface area contributed by atoms with Gasteiger partial charge in [0.2, 0.25) is 0 Å². The van der Waals surface area contributed by atoms with Crippen LogP contribution in [0.3, 0.4) is 0 Å². The van der Waals surface area contributed by atoms with Crippen LogP contribution >= 0.6 is 0 Å². The van der Waals surface area contributed by atoms with Gasteiger partial charge in [-0.2, -0.15) is 5.10 Å². The highest BCUT2D eigenvalue weighted by Gasteiger charge is 2.15. The number of ether oxygens (including phenoxy) is 3. The van der Waals surface area contributed by atoms with Crippen molar-refractivity contribution in [2.45, 2.75) is 45.1 Å². The molecular weight excluding hydrogens is 394 g/mol. The summed E-state index contributed by atoms with van der Waals surface area (Å²) in [5, 5.41) is 6.98. The molecule has 0 bridgehead atoms. The first-order valence-corrected chi connectivity index (χ1v) is 10.7. The number of aryl methyl sites for hydroxylation is 1. The summed E-state index contributed by atoms with van der Waals surface area (Å²) in [6, 6.07) is 13.3. The molecule has 1 saturated carbocycles. The van der Waals surface area contributed by atoms with Crippen LogP contribution in [0.25, 0.3) is 0 Å². The Hall–Kier alpha value is -3.22. The molecule has 0 heterocycles. The van der Waals surface area contributed by atoms with Crippen LogP contribution in [-0.4, -0.2) is 38.6 Å². The number of carbonyl (C=O) groups is 1. The first-order valence-electron chi connectivity index (χ1n) is 10.7. The second-order valence-corrected chi connectivity index (χ2v) is 7.60. The zero-order chi connectivity index (χ0) is 21.9. The number of amides is 2. The number of nitrogens with one attached hydrogen (secondary N) is 2. The van der Waals surface area contributed by atoms with E-state index in [-0.39, 0.29) is 12.1 Å². The molecule has 1 fully saturated rings. The van der Waals surface area contributed by atoms with Crippen molar-refractivity contribution in [3.63, 3.8) is 0 Å². The molecule has 0 radical (unpaired) electrons. The van der Waals surface area contributed by atoms with Gasteiger partial charge in [-0.05, 0) is 55.7 Å². The fraction of sp³-hybridized carbons (Fsp3) is 0.417. The number of urea groups is 1. The SMILES string of the molecule is COc1cc(/C=N\NC(=O)NC2CCCCC2)ccc1OCCOc1ccc(C)cc1. The molecule has 1 aliphatic rings. The third-order valence-corrected chi connectivity index (χ3v) is 5.14. The highest BCUT2D eigenvalue weighted by molar-refractivity contribution is 5.82. The monoisotopic (exact) mass is 425 g/mol. The van der Waals surface area contributed by atoms with E-state index < -0.39 is 0 Å². The van der Waals surface area contributed by atoms with E-state index in [1.807, 2.05) is 43.3 Å². The standard InChI is InChI=1S/C24H31N3O4/c1-18-8-11-21(12-9-18)30-14-15-31-22-13-10-19(16-23(22)29-2)17-25-27-24(28)26-20-6-4-3-5-7-20/h8-13,16-17,20H,3-7,14-15H2,1-2H3,(H2,26,27,28)/b25-17-. The van der Waals surface area contributed by atoms with E-state index in [1.165, 1.54) is 24.8 Å². The molecule has 0 unspecified atom stereocenters. The van der Waals surface area contributed by atoms with Crippen molar-refractivity contribution in [3.05, 3.63) is 53.6 Å².